The lowest BCUT2D eigenvalue weighted by atomic mass is 10.2. The predicted molar refractivity (Wildman–Crippen MR) is 69.9 cm³/mol. The van der Waals surface area contributed by atoms with Gasteiger partial charge in [0.2, 0.25) is 5.91 Å². The van der Waals surface area contributed by atoms with Crippen molar-refractivity contribution in [2.45, 2.75) is 32.2 Å². The zero-order valence-corrected chi connectivity index (χ0v) is 10.1. The first-order valence-electron chi connectivity index (χ1n) is 6.04. The number of nitrogens with one attached hydrogen (secondary N) is 2. The second kappa shape index (κ2) is 5.08. The number of amides is 1. The molecule has 0 heterocycles. The van der Waals surface area contributed by atoms with Crippen molar-refractivity contribution in [1.82, 2.24) is 5.32 Å². The molecule has 0 unspecified atom stereocenters. The van der Waals surface area contributed by atoms with Gasteiger partial charge in [-0.15, -0.1) is 0 Å². The molecule has 0 saturated heterocycles. The van der Waals surface area contributed by atoms with Gasteiger partial charge in [0.25, 0.3) is 0 Å². The second-order valence-electron chi connectivity index (χ2n) is 4.59. The first-order valence-corrected chi connectivity index (χ1v) is 6.04. The lowest BCUT2D eigenvalue weighted by Gasteiger charge is -2.08. The molecule has 17 heavy (non-hydrogen) atoms. The summed E-state index contributed by atoms with van der Waals surface area (Å²) in [4.78, 5) is 11.4. The average molecular weight is 233 g/mol. The Hall–Kier alpha value is -1.71. The maximum atomic E-state index is 11.4. The molecule has 92 valence electrons. The molecule has 1 aromatic rings. The summed E-state index contributed by atoms with van der Waals surface area (Å²) in [6.45, 7) is 2.63. The van der Waals surface area contributed by atoms with E-state index in [-0.39, 0.29) is 5.91 Å². The third-order valence-electron chi connectivity index (χ3n) is 2.89. The van der Waals surface area contributed by atoms with Crippen molar-refractivity contribution in [3.05, 3.63) is 23.8 Å². The molecule has 0 spiro atoms. The van der Waals surface area contributed by atoms with Crippen LogP contribution in [0.2, 0.25) is 0 Å². The Morgan fingerprint density at radius 3 is 2.88 bits per heavy atom. The molecule has 0 bridgehead atoms. The van der Waals surface area contributed by atoms with Crippen LogP contribution < -0.4 is 16.4 Å². The minimum atomic E-state index is 0.132. The van der Waals surface area contributed by atoms with Crippen LogP contribution in [0.4, 0.5) is 11.4 Å². The molecule has 0 radical (unpaired) electrons. The Bertz CT molecular complexity index is 413. The number of anilines is 2. The maximum Gasteiger partial charge on any atom is 0.221 e. The summed E-state index contributed by atoms with van der Waals surface area (Å²) < 4.78 is 0. The Kier molecular flexibility index (Phi) is 3.52. The van der Waals surface area contributed by atoms with Crippen LogP contribution in [0, 0.1) is 6.92 Å². The highest BCUT2D eigenvalue weighted by molar-refractivity contribution is 5.77. The van der Waals surface area contributed by atoms with Gasteiger partial charge in [-0.25, -0.2) is 0 Å². The number of rotatable bonds is 5. The highest BCUT2D eigenvalue weighted by Gasteiger charge is 2.22. The Morgan fingerprint density at radius 2 is 2.24 bits per heavy atom. The van der Waals surface area contributed by atoms with Crippen LogP contribution >= 0.6 is 0 Å². The topological polar surface area (TPSA) is 67.2 Å². The number of hydrogen-bond acceptors (Lipinski definition) is 3. The molecule has 0 aromatic heterocycles. The summed E-state index contributed by atoms with van der Waals surface area (Å²) in [5, 5.41) is 6.18. The number of nitrogen functional groups attached to an aromatic ring is 1. The Balaban J connectivity index is 1.73. The number of benzene rings is 1. The quantitative estimate of drug-likeness (QED) is 0.677. The van der Waals surface area contributed by atoms with E-state index in [4.69, 9.17) is 5.73 Å². The van der Waals surface area contributed by atoms with Crippen molar-refractivity contribution in [3.63, 3.8) is 0 Å². The lowest BCUT2D eigenvalue weighted by molar-refractivity contribution is -0.120. The molecule has 1 amide bonds. The van der Waals surface area contributed by atoms with Gasteiger partial charge in [0, 0.05) is 30.4 Å². The fraction of sp³-hybridized carbons (Fsp3) is 0.462. The Morgan fingerprint density at radius 1 is 1.47 bits per heavy atom. The standard InChI is InChI=1S/C13H19N3O/c1-9-8-11(4-5-12(9)14)15-7-6-13(17)16-10-2-3-10/h4-5,8,10,15H,2-3,6-7,14H2,1H3,(H,16,17). The molecule has 0 aliphatic heterocycles. The molecule has 2 rings (SSSR count). The van der Waals surface area contributed by atoms with E-state index in [0.717, 1.165) is 29.8 Å². The van der Waals surface area contributed by atoms with Crippen LogP contribution in [0.1, 0.15) is 24.8 Å². The van der Waals surface area contributed by atoms with Gasteiger partial charge in [-0.2, -0.15) is 0 Å². The average Bonchev–Trinajstić information content (AvgIpc) is 3.07. The van der Waals surface area contributed by atoms with E-state index in [1.165, 1.54) is 0 Å². The van der Waals surface area contributed by atoms with E-state index in [2.05, 4.69) is 10.6 Å². The van der Waals surface area contributed by atoms with Crippen molar-refractivity contribution in [2.24, 2.45) is 0 Å². The van der Waals surface area contributed by atoms with E-state index in [1.54, 1.807) is 0 Å². The van der Waals surface area contributed by atoms with E-state index in [9.17, 15) is 4.79 Å². The first kappa shape index (κ1) is 11.8. The number of carbonyl (C=O) groups excluding carboxylic acids is 1. The highest BCUT2D eigenvalue weighted by Crippen LogP contribution is 2.19. The molecule has 4 nitrogen and oxygen atoms in total. The molecule has 1 aliphatic rings. The van der Waals surface area contributed by atoms with E-state index < -0.39 is 0 Å². The van der Waals surface area contributed by atoms with Gasteiger partial charge >= 0.3 is 0 Å². The largest absolute Gasteiger partial charge is 0.399 e. The maximum absolute atomic E-state index is 11.4. The summed E-state index contributed by atoms with van der Waals surface area (Å²) in [5.74, 6) is 0.132. The van der Waals surface area contributed by atoms with Crippen LogP contribution in [-0.2, 0) is 4.79 Å². The van der Waals surface area contributed by atoms with Crippen LogP contribution in [0.25, 0.3) is 0 Å². The van der Waals surface area contributed by atoms with Gasteiger partial charge in [0.15, 0.2) is 0 Å². The predicted octanol–water partition coefficient (Wildman–Crippen LogP) is 1.66. The zero-order chi connectivity index (χ0) is 12.3. The molecule has 4 N–H and O–H groups in total. The summed E-state index contributed by atoms with van der Waals surface area (Å²) in [7, 11) is 0. The van der Waals surface area contributed by atoms with Gasteiger partial charge in [-0.05, 0) is 43.5 Å². The number of aryl methyl sites for hydroxylation is 1. The molecular weight excluding hydrogens is 214 g/mol. The summed E-state index contributed by atoms with van der Waals surface area (Å²) >= 11 is 0. The lowest BCUT2D eigenvalue weighted by Crippen LogP contribution is -2.27. The van der Waals surface area contributed by atoms with Crippen LogP contribution in [0.5, 0.6) is 0 Å². The van der Waals surface area contributed by atoms with Crippen molar-refractivity contribution < 1.29 is 4.79 Å². The first-order chi connectivity index (χ1) is 8.15. The van der Waals surface area contributed by atoms with Crippen LogP contribution in [-0.4, -0.2) is 18.5 Å². The Labute approximate surface area is 102 Å². The van der Waals surface area contributed by atoms with Gasteiger partial charge < -0.3 is 16.4 Å². The molecule has 1 saturated carbocycles. The minimum absolute atomic E-state index is 0.132. The third-order valence-corrected chi connectivity index (χ3v) is 2.89. The molecule has 4 heteroatoms. The second-order valence-corrected chi connectivity index (χ2v) is 4.59. The number of nitrogens with two attached hydrogens (primary N) is 1. The highest BCUT2D eigenvalue weighted by atomic mass is 16.1. The van der Waals surface area contributed by atoms with Gasteiger partial charge in [-0.3, -0.25) is 4.79 Å². The normalized spacial score (nSPS) is 14.4. The van der Waals surface area contributed by atoms with Crippen molar-refractivity contribution in [1.29, 1.82) is 0 Å². The molecule has 1 aliphatic carbocycles. The van der Waals surface area contributed by atoms with E-state index >= 15 is 0 Å². The summed E-state index contributed by atoms with van der Waals surface area (Å²) in [6, 6.07) is 6.25. The molecule has 1 aromatic carbocycles. The zero-order valence-electron chi connectivity index (χ0n) is 10.1. The van der Waals surface area contributed by atoms with E-state index in [0.29, 0.717) is 19.0 Å². The number of carbonyl (C=O) groups is 1. The van der Waals surface area contributed by atoms with Gasteiger partial charge in [0.05, 0.1) is 0 Å². The molecule has 1 fully saturated rings. The summed E-state index contributed by atoms with van der Waals surface area (Å²) in [6.07, 6.45) is 2.78. The fourth-order valence-electron chi connectivity index (χ4n) is 1.63. The van der Waals surface area contributed by atoms with Gasteiger partial charge in [0.1, 0.15) is 0 Å². The SMILES string of the molecule is Cc1cc(NCCC(=O)NC2CC2)ccc1N. The fourth-order valence-corrected chi connectivity index (χ4v) is 1.63. The van der Waals surface area contributed by atoms with Crippen molar-refractivity contribution in [3.8, 4) is 0 Å². The molecule has 0 atom stereocenters. The van der Waals surface area contributed by atoms with E-state index in [1.807, 2.05) is 25.1 Å². The van der Waals surface area contributed by atoms with Crippen molar-refractivity contribution in [2.75, 3.05) is 17.6 Å². The monoisotopic (exact) mass is 233 g/mol. The van der Waals surface area contributed by atoms with Crippen molar-refractivity contribution >= 4 is 17.3 Å². The van der Waals surface area contributed by atoms with Crippen LogP contribution in [0.3, 0.4) is 0 Å². The number of hydrogen-bond donors (Lipinski definition) is 3. The van der Waals surface area contributed by atoms with Crippen LogP contribution in [0.15, 0.2) is 18.2 Å². The third kappa shape index (κ3) is 3.66. The minimum Gasteiger partial charge on any atom is -0.399 e. The van der Waals surface area contributed by atoms with Gasteiger partial charge in [-0.1, -0.05) is 0 Å². The summed E-state index contributed by atoms with van der Waals surface area (Å²) in [5.41, 5.74) is 8.59. The molecular formula is C13H19N3O. The smallest absolute Gasteiger partial charge is 0.221 e.